The summed E-state index contributed by atoms with van der Waals surface area (Å²) in [5, 5.41) is 2.05. The number of hydrogen-bond donors (Lipinski definition) is 3. The van der Waals surface area contributed by atoms with E-state index in [1.165, 1.54) is 21.9 Å². The Bertz CT molecular complexity index is 1860. The first kappa shape index (κ1) is 35.1. The number of rotatable bonds is 7. The minimum absolute atomic E-state index is 0.0101. The molecule has 3 atom stereocenters. The van der Waals surface area contributed by atoms with Crippen LogP contribution in [0.5, 0.6) is 0 Å². The van der Waals surface area contributed by atoms with Crippen molar-refractivity contribution in [2.75, 3.05) is 25.4 Å². The molecule has 254 valence electrons. The first-order valence-electron chi connectivity index (χ1n) is 15.0. The minimum atomic E-state index is -5.79. The maximum atomic E-state index is 14.3. The van der Waals surface area contributed by atoms with E-state index in [1.54, 1.807) is 51.1 Å². The first-order chi connectivity index (χ1) is 21.8. The summed E-state index contributed by atoms with van der Waals surface area (Å²) in [7, 11) is -9.28. The Kier molecular flexibility index (Phi) is 9.45. The van der Waals surface area contributed by atoms with E-state index in [4.69, 9.17) is 9.79 Å². The molecule has 1 aromatic heterocycles. The third-order valence-corrected chi connectivity index (χ3v) is 12.8. The van der Waals surface area contributed by atoms with Crippen LogP contribution in [0.4, 0.5) is 8.78 Å². The predicted molar refractivity (Wildman–Crippen MR) is 173 cm³/mol. The van der Waals surface area contributed by atoms with Crippen LogP contribution >= 0.6 is 18.9 Å². The fraction of sp³-hybridized carbons (Fsp3) is 0.452. The standard InChI is InChI=1S/C31H36F2N3O8PS2/c1-30(2,3)26(34-27(37)24-17-20-16-21(11-12-23(20)46-24)31(32,33)45(40,41)42)29(39)36-13-7-10-22(36)28(38)35-14-15-47(43,44)25(18-35)19-8-5-4-6-9-19/h4-6,8-9,11-12,16-17,22,25-26H,7,10,13-15,18H2,1-3H3,(H,34,37)(H2,40,41,42)/t22-,25+,26+/m0/s1. The molecular weight excluding hydrogens is 675 g/mol. The van der Waals surface area contributed by atoms with Crippen molar-refractivity contribution >= 4 is 56.6 Å². The molecular formula is C31H36F2N3O8PS2. The van der Waals surface area contributed by atoms with Gasteiger partial charge in [0.25, 0.3) is 5.91 Å². The van der Waals surface area contributed by atoms with Crippen LogP contribution in [-0.4, -0.2) is 83.2 Å². The van der Waals surface area contributed by atoms with E-state index < -0.39 is 63.2 Å². The second-order valence-corrected chi connectivity index (χ2v) is 18.0. The van der Waals surface area contributed by atoms with Crippen molar-refractivity contribution in [2.24, 2.45) is 5.41 Å². The number of likely N-dealkylation sites (tertiary alicyclic amines) is 1. The maximum absolute atomic E-state index is 14.3. The highest BCUT2D eigenvalue weighted by Gasteiger charge is 2.50. The summed E-state index contributed by atoms with van der Waals surface area (Å²) < 4.78 is 66.2. The zero-order valence-corrected chi connectivity index (χ0v) is 28.5. The lowest BCUT2D eigenvalue weighted by atomic mass is 9.85. The summed E-state index contributed by atoms with van der Waals surface area (Å²) in [4.78, 5) is 62.6. The fourth-order valence-corrected chi connectivity index (χ4v) is 9.15. The molecule has 2 aromatic carbocycles. The summed E-state index contributed by atoms with van der Waals surface area (Å²) >= 11 is 0.965. The van der Waals surface area contributed by atoms with Gasteiger partial charge in [0.2, 0.25) is 11.8 Å². The number of thiophene rings is 1. The predicted octanol–water partition coefficient (Wildman–Crippen LogP) is 4.26. The van der Waals surface area contributed by atoms with Crippen LogP contribution in [0.25, 0.3) is 10.1 Å². The van der Waals surface area contributed by atoms with Gasteiger partial charge in [0.05, 0.1) is 10.6 Å². The molecule has 0 unspecified atom stereocenters. The molecule has 3 amide bonds. The lowest BCUT2D eigenvalue weighted by Crippen LogP contribution is -2.59. The molecule has 2 saturated heterocycles. The lowest BCUT2D eigenvalue weighted by molar-refractivity contribution is -0.146. The third-order valence-electron chi connectivity index (χ3n) is 8.61. The van der Waals surface area contributed by atoms with Gasteiger partial charge >= 0.3 is 13.3 Å². The highest BCUT2D eigenvalue weighted by Crippen LogP contribution is 2.59. The van der Waals surface area contributed by atoms with Crippen molar-refractivity contribution in [2.45, 2.75) is 56.6 Å². The summed E-state index contributed by atoms with van der Waals surface area (Å²) in [6.45, 7) is 5.51. The molecule has 2 aliphatic heterocycles. The molecule has 3 N–H and O–H groups in total. The Morgan fingerprint density at radius 1 is 1.04 bits per heavy atom. The molecule has 47 heavy (non-hydrogen) atoms. The fourth-order valence-electron chi connectivity index (χ4n) is 5.99. The molecule has 2 aliphatic rings. The summed E-state index contributed by atoms with van der Waals surface area (Å²) in [5.74, 6) is -1.68. The quantitative estimate of drug-likeness (QED) is 0.307. The Morgan fingerprint density at radius 3 is 2.36 bits per heavy atom. The number of halogens is 2. The smallest absolute Gasteiger partial charge is 0.339 e. The van der Waals surface area contributed by atoms with E-state index in [9.17, 15) is 36.1 Å². The van der Waals surface area contributed by atoms with Crippen molar-refractivity contribution < 1.29 is 45.9 Å². The van der Waals surface area contributed by atoms with E-state index in [2.05, 4.69) is 5.32 Å². The number of carbonyl (C=O) groups excluding carboxylic acids is 3. The summed E-state index contributed by atoms with van der Waals surface area (Å²) in [6, 6.07) is 11.1. The van der Waals surface area contributed by atoms with Crippen LogP contribution in [0.3, 0.4) is 0 Å². The van der Waals surface area contributed by atoms with Crippen molar-refractivity contribution in [3.63, 3.8) is 0 Å². The SMILES string of the molecule is CC(C)(C)[C@H](NC(=O)c1cc2cc(C(F)(F)P(=O)(O)O)ccc2s1)C(=O)N1CCC[C@H]1C(=O)N1CCS(=O)(=O)[C@@H](c2ccccc2)C1. The minimum Gasteiger partial charge on any atom is -0.339 e. The second kappa shape index (κ2) is 12.7. The topological polar surface area (TPSA) is 161 Å². The van der Waals surface area contributed by atoms with Crippen molar-refractivity contribution in [1.82, 2.24) is 15.1 Å². The molecule has 3 aromatic rings. The summed E-state index contributed by atoms with van der Waals surface area (Å²) in [5.41, 5.74) is -5.52. The number of benzene rings is 2. The van der Waals surface area contributed by atoms with Crippen LogP contribution in [0, 0.1) is 5.41 Å². The van der Waals surface area contributed by atoms with E-state index in [0.29, 0.717) is 23.1 Å². The molecule has 2 fully saturated rings. The van der Waals surface area contributed by atoms with E-state index in [1.807, 2.05) is 0 Å². The van der Waals surface area contributed by atoms with Crippen LogP contribution in [-0.2, 0) is 29.7 Å². The average Bonchev–Trinajstić information content (AvgIpc) is 3.66. The Labute approximate surface area is 275 Å². The van der Waals surface area contributed by atoms with Crippen molar-refractivity contribution in [3.8, 4) is 0 Å². The van der Waals surface area contributed by atoms with Gasteiger partial charge in [-0.1, -0.05) is 57.2 Å². The maximum Gasteiger partial charge on any atom is 0.399 e. The third kappa shape index (κ3) is 7.00. The number of hydrogen-bond acceptors (Lipinski definition) is 7. The van der Waals surface area contributed by atoms with Gasteiger partial charge in [-0.05, 0) is 47.4 Å². The van der Waals surface area contributed by atoms with Gasteiger partial charge in [0.15, 0.2) is 9.84 Å². The number of alkyl halides is 2. The number of fused-ring (bicyclic) bond motifs is 1. The van der Waals surface area contributed by atoms with Crippen LogP contribution in [0.2, 0.25) is 0 Å². The molecule has 11 nitrogen and oxygen atoms in total. The molecule has 0 aliphatic carbocycles. The summed E-state index contributed by atoms with van der Waals surface area (Å²) in [6.07, 6.45) is 0.922. The molecule has 0 saturated carbocycles. The van der Waals surface area contributed by atoms with Crippen LogP contribution < -0.4 is 5.32 Å². The second-order valence-electron chi connectivity index (χ2n) is 13.0. The van der Waals surface area contributed by atoms with Crippen LogP contribution in [0.15, 0.2) is 54.6 Å². The van der Waals surface area contributed by atoms with Gasteiger partial charge < -0.3 is 24.9 Å². The van der Waals surface area contributed by atoms with Crippen LogP contribution in [0.1, 0.15) is 59.7 Å². The number of sulfone groups is 1. The van der Waals surface area contributed by atoms with Crippen molar-refractivity contribution in [1.29, 1.82) is 0 Å². The van der Waals surface area contributed by atoms with E-state index in [-0.39, 0.29) is 41.6 Å². The van der Waals surface area contributed by atoms with Gasteiger partial charge in [0, 0.05) is 29.9 Å². The molecule has 3 heterocycles. The normalized spacial score (nSPS) is 21.1. The lowest BCUT2D eigenvalue weighted by Gasteiger charge is -2.38. The van der Waals surface area contributed by atoms with Gasteiger partial charge in [-0.15, -0.1) is 11.3 Å². The van der Waals surface area contributed by atoms with Gasteiger partial charge in [0.1, 0.15) is 17.3 Å². The molecule has 0 spiro atoms. The number of nitrogens with one attached hydrogen (secondary N) is 1. The van der Waals surface area contributed by atoms with E-state index >= 15 is 0 Å². The van der Waals surface area contributed by atoms with Gasteiger partial charge in [-0.3, -0.25) is 18.9 Å². The monoisotopic (exact) mass is 711 g/mol. The van der Waals surface area contributed by atoms with Crippen molar-refractivity contribution in [3.05, 3.63) is 70.6 Å². The largest absolute Gasteiger partial charge is 0.399 e. The number of amides is 3. The first-order valence-corrected chi connectivity index (χ1v) is 19.1. The number of nitrogens with zero attached hydrogens (tertiary/aromatic N) is 2. The zero-order valence-electron chi connectivity index (χ0n) is 25.9. The molecule has 5 rings (SSSR count). The Morgan fingerprint density at radius 2 is 1.72 bits per heavy atom. The van der Waals surface area contributed by atoms with E-state index in [0.717, 1.165) is 23.5 Å². The average molecular weight is 712 g/mol. The van der Waals surface area contributed by atoms with Gasteiger partial charge in [-0.25, -0.2) is 8.42 Å². The highest BCUT2D eigenvalue weighted by atomic mass is 32.2. The molecule has 0 bridgehead atoms. The number of carbonyl (C=O) groups is 3. The molecule has 16 heteroatoms. The Balaban J connectivity index is 1.34. The molecule has 0 radical (unpaired) electrons. The Hall–Kier alpha value is -3.23. The van der Waals surface area contributed by atoms with Gasteiger partial charge in [-0.2, -0.15) is 8.78 Å². The highest BCUT2D eigenvalue weighted by molar-refractivity contribution is 7.91. The zero-order chi connectivity index (χ0) is 34.5.